The zero-order valence-electron chi connectivity index (χ0n) is 9.00. The van der Waals surface area contributed by atoms with Gasteiger partial charge in [-0.3, -0.25) is 0 Å². The van der Waals surface area contributed by atoms with Crippen molar-refractivity contribution in [1.82, 2.24) is 0 Å². The maximum atomic E-state index is 5.71. The molecule has 0 N–H and O–H groups in total. The van der Waals surface area contributed by atoms with Crippen molar-refractivity contribution in [1.29, 1.82) is 0 Å². The van der Waals surface area contributed by atoms with E-state index in [9.17, 15) is 0 Å². The highest BCUT2D eigenvalue weighted by Crippen LogP contribution is 2.33. The highest BCUT2D eigenvalue weighted by molar-refractivity contribution is 4.75. The largest absolute Gasteiger partial charge is 0.353 e. The third kappa shape index (κ3) is 2.66. The summed E-state index contributed by atoms with van der Waals surface area (Å²) < 4.78 is 16.5. The summed E-state index contributed by atoms with van der Waals surface area (Å²) >= 11 is 0. The number of methoxy groups -OCH3 is 1. The van der Waals surface area contributed by atoms with Crippen molar-refractivity contribution in [2.75, 3.05) is 13.7 Å². The SMILES string of the molecule is CCC1(CC(C)C)OCC(OC)O1. The molecule has 3 heteroatoms. The molecule has 1 rings (SSSR count). The van der Waals surface area contributed by atoms with Gasteiger partial charge in [-0.2, -0.15) is 0 Å². The van der Waals surface area contributed by atoms with Gasteiger partial charge in [-0.1, -0.05) is 20.8 Å². The van der Waals surface area contributed by atoms with E-state index in [4.69, 9.17) is 14.2 Å². The molecule has 1 heterocycles. The predicted octanol–water partition coefficient (Wildman–Crippen LogP) is 2.16. The molecule has 0 aromatic heterocycles. The monoisotopic (exact) mass is 188 g/mol. The predicted molar refractivity (Wildman–Crippen MR) is 50.3 cm³/mol. The van der Waals surface area contributed by atoms with E-state index in [1.807, 2.05) is 0 Å². The van der Waals surface area contributed by atoms with E-state index in [2.05, 4.69) is 20.8 Å². The highest BCUT2D eigenvalue weighted by atomic mass is 16.8. The van der Waals surface area contributed by atoms with Crippen LogP contribution in [0.4, 0.5) is 0 Å². The molecule has 0 saturated carbocycles. The molecule has 0 spiro atoms. The summed E-state index contributed by atoms with van der Waals surface area (Å²) in [5, 5.41) is 0. The van der Waals surface area contributed by atoms with Crippen molar-refractivity contribution in [2.45, 2.75) is 45.7 Å². The lowest BCUT2D eigenvalue weighted by Crippen LogP contribution is -2.32. The van der Waals surface area contributed by atoms with Gasteiger partial charge in [0.1, 0.15) is 6.61 Å². The van der Waals surface area contributed by atoms with E-state index in [0.29, 0.717) is 12.5 Å². The fourth-order valence-corrected chi connectivity index (χ4v) is 1.70. The third-order valence-corrected chi connectivity index (χ3v) is 2.35. The van der Waals surface area contributed by atoms with Gasteiger partial charge in [0.2, 0.25) is 0 Å². The molecule has 0 aromatic rings. The van der Waals surface area contributed by atoms with Crippen LogP contribution in [0.5, 0.6) is 0 Å². The Kier molecular flexibility index (Phi) is 3.71. The molecule has 1 saturated heterocycles. The van der Waals surface area contributed by atoms with Crippen LogP contribution in [0.3, 0.4) is 0 Å². The van der Waals surface area contributed by atoms with Crippen molar-refractivity contribution in [3.63, 3.8) is 0 Å². The first-order valence-electron chi connectivity index (χ1n) is 4.96. The average molecular weight is 188 g/mol. The van der Waals surface area contributed by atoms with Crippen LogP contribution in [0, 0.1) is 5.92 Å². The van der Waals surface area contributed by atoms with Gasteiger partial charge in [0.05, 0.1) is 0 Å². The normalized spacial score (nSPS) is 34.4. The Morgan fingerprint density at radius 1 is 1.54 bits per heavy atom. The summed E-state index contributed by atoms with van der Waals surface area (Å²) in [6.45, 7) is 6.98. The quantitative estimate of drug-likeness (QED) is 0.676. The van der Waals surface area contributed by atoms with Crippen molar-refractivity contribution < 1.29 is 14.2 Å². The minimum absolute atomic E-state index is 0.182. The van der Waals surface area contributed by atoms with Crippen molar-refractivity contribution in [3.8, 4) is 0 Å². The minimum atomic E-state index is -0.394. The maximum Gasteiger partial charge on any atom is 0.183 e. The van der Waals surface area contributed by atoms with Crippen molar-refractivity contribution in [2.24, 2.45) is 5.92 Å². The van der Waals surface area contributed by atoms with Crippen LogP contribution in [-0.4, -0.2) is 25.8 Å². The van der Waals surface area contributed by atoms with Crippen LogP contribution < -0.4 is 0 Å². The molecule has 1 fully saturated rings. The zero-order valence-corrected chi connectivity index (χ0v) is 9.00. The van der Waals surface area contributed by atoms with E-state index in [1.54, 1.807) is 7.11 Å². The molecular formula is C10H20O3. The van der Waals surface area contributed by atoms with Gasteiger partial charge in [0.15, 0.2) is 12.1 Å². The lowest BCUT2D eigenvalue weighted by atomic mass is 10.0. The Balaban J connectivity index is 2.52. The molecule has 2 atom stereocenters. The van der Waals surface area contributed by atoms with E-state index in [-0.39, 0.29) is 6.29 Å². The smallest absolute Gasteiger partial charge is 0.183 e. The fraction of sp³-hybridized carbons (Fsp3) is 1.00. The molecule has 1 aliphatic rings. The maximum absolute atomic E-state index is 5.71. The standard InChI is InChI=1S/C10H20O3/c1-5-10(6-8(2)3)12-7-9(11-4)13-10/h8-9H,5-7H2,1-4H3. The lowest BCUT2D eigenvalue weighted by molar-refractivity contribution is -0.214. The fourth-order valence-electron chi connectivity index (χ4n) is 1.70. The van der Waals surface area contributed by atoms with Crippen molar-refractivity contribution >= 4 is 0 Å². The third-order valence-electron chi connectivity index (χ3n) is 2.35. The van der Waals surface area contributed by atoms with Crippen LogP contribution in [0.25, 0.3) is 0 Å². The Bertz CT molecular complexity index is 158. The van der Waals surface area contributed by atoms with Gasteiger partial charge in [-0.25, -0.2) is 0 Å². The number of hydrogen-bond acceptors (Lipinski definition) is 3. The number of hydrogen-bond donors (Lipinski definition) is 0. The molecule has 1 aliphatic heterocycles. The zero-order chi connectivity index (χ0) is 9.90. The molecule has 0 radical (unpaired) electrons. The molecule has 0 aromatic carbocycles. The Hall–Kier alpha value is -0.120. The molecule has 78 valence electrons. The molecule has 13 heavy (non-hydrogen) atoms. The van der Waals surface area contributed by atoms with Crippen LogP contribution in [0.15, 0.2) is 0 Å². The summed E-state index contributed by atoms with van der Waals surface area (Å²) in [6, 6.07) is 0. The summed E-state index contributed by atoms with van der Waals surface area (Å²) in [6.07, 6.45) is 1.63. The average Bonchev–Trinajstić information content (AvgIpc) is 2.48. The van der Waals surface area contributed by atoms with Gasteiger partial charge in [0, 0.05) is 13.5 Å². The molecule has 2 unspecified atom stereocenters. The van der Waals surface area contributed by atoms with Gasteiger partial charge < -0.3 is 14.2 Å². The highest BCUT2D eigenvalue weighted by Gasteiger charge is 2.40. The molecule has 0 aliphatic carbocycles. The van der Waals surface area contributed by atoms with Crippen LogP contribution in [-0.2, 0) is 14.2 Å². The van der Waals surface area contributed by atoms with Gasteiger partial charge in [0.25, 0.3) is 0 Å². The second-order valence-electron chi connectivity index (χ2n) is 3.96. The summed E-state index contributed by atoms with van der Waals surface area (Å²) in [5.41, 5.74) is 0. The molecule has 0 bridgehead atoms. The van der Waals surface area contributed by atoms with Crippen LogP contribution in [0.1, 0.15) is 33.6 Å². The van der Waals surface area contributed by atoms with Crippen LogP contribution >= 0.6 is 0 Å². The van der Waals surface area contributed by atoms with Gasteiger partial charge in [-0.05, 0) is 12.3 Å². The van der Waals surface area contributed by atoms with E-state index in [0.717, 1.165) is 12.8 Å². The second kappa shape index (κ2) is 4.40. The van der Waals surface area contributed by atoms with Crippen molar-refractivity contribution in [3.05, 3.63) is 0 Å². The molecular weight excluding hydrogens is 168 g/mol. The minimum Gasteiger partial charge on any atom is -0.353 e. The second-order valence-corrected chi connectivity index (χ2v) is 3.96. The Morgan fingerprint density at radius 3 is 2.62 bits per heavy atom. The number of ether oxygens (including phenoxy) is 3. The first kappa shape index (κ1) is 11.0. The van der Waals surface area contributed by atoms with E-state index >= 15 is 0 Å². The van der Waals surface area contributed by atoms with E-state index in [1.165, 1.54) is 0 Å². The summed E-state index contributed by atoms with van der Waals surface area (Å²) in [7, 11) is 1.65. The lowest BCUT2D eigenvalue weighted by Gasteiger charge is -2.27. The summed E-state index contributed by atoms with van der Waals surface area (Å²) in [4.78, 5) is 0. The summed E-state index contributed by atoms with van der Waals surface area (Å²) in [5.74, 6) is 0.185. The van der Waals surface area contributed by atoms with Gasteiger partial charge >= 0.3 is 0 Å². The first-order valence-corrected chi connectivity index (χ1v) is 4.96. The molecule has 3 nitrogen and oxygen atoms in total. The first-order chi connectivity index (χ1) is 6.12. The van der Waals surface area contributed by atoms with Gasteiger partial charge in [-0.15, -0.1) is 0 Å². The number of rotatable bonds is 4. The topological polar surface area (TPSA) is 27.7 Å². The van der Waals surface area contributed by atoms with Crippen LogP contribution in [0.2, 0.25) is 0 Å². The van der Waals surface area contributed by atoms with E-state index < -0.39 is 5.79 Å². The Morgan fingerprint density at radius 2 is 2.23 bits per heavy atom. The molecule has 0 amide bonds. The Labute approximate surface area is 80.4 Å².